The van der Waals surface area contributed by atoms with Gasteiger partial charge < -0.3 is 14.7 Å². The zero-order valence-corrected chi connectivity index (χ0v) is 9.02. The van der Waals surface area contributed by atoms with Crippen molar-refractivity contribution in [2.24, 2.45) is 0 Å². The van der Waals surface area contributed by atoms with Gasteiger partial charge >= 0.3 is 0 Å². The van der Waals surface area contributed by atoms with Gasteiger partial charge in [-0.15, -0.1) is 0 Å². The van der Waals surface area contributed by atoms with Crippen LogP contribution in [-0.2, 0) is 4.74 Å². The van der Waals surface area contributed by atoms with Gasteiger partial charge in [-0.3, -0.25) is 4.90 Å². The molecule has 3 unspecified atom stereocenters. The second kappa shape index (κ2) is 4.14. The second-order valence-corrected chi connectivity index (χ2v) is 4.20. The lowest BCUT2D eigenvalue weighted by Crippen LogP contribution is -2.48. The van der Waals surface area contributed by atoms with Gasteiger partial charge in [0.1, 0.15) is 12.3 Å². The largest absolute Gasteiger partial charge is 0.391 e. The molecule has 4 nitrogen and oxygen atoms in total. The fourth-order valence-corrected chi connectivity index (χ4v) is 2.10. The summed E-state index contributed by atoms with van der Waals surface area (Å²) >= 11 is 0. The highest BCUT2D eigenvalue weighted by Gasteiger charge is 2.46. The van der Waals surface area contributed by atoms with E-state index in [9.17, 15) is 5.11 Å². The Bertz CT molecular complexity index is 191. The number of aliphatic hydroxyl groups is 1. The molecule has 3 atom stereocenters. The monoisotopic (exact) mass is 200 g/mol. The summed E-state index contributed by atoms with van der Waals surface area (Å²) in [7, 11) is 0. The Morgan fingerprint density at radius 3 is 2.43 bits per heavy atom. The number of aliphatic hydroxyl groups excluding tert-OH is 1. The molecule has 0 aromatic heterocycles. The van der Waals surface area contributed by atoms with Crippen LogP contribution in [0.25, 0.3) is 0 Å². The molecule has 4 heteroatoms. The lowest BCUT2D eigenvalue weighted by atomic mass is 10.2. The van der Waals surface area contributed by atoms with E-state index in [1.165, 1.54) is 0 Å². The van der Waals surface area contributed by atoms with Crippen molar-refractivity contribution in [2.75, 3.05) is 32.7 Å². The van der Waals surface area contributed by atoms with Crippen molar-refractivity contribution >= 4 is 0 Å². The fraction of sp³-hybridized carbons (Fsp3) is 1.00. The predicted molar refractivity (Wildman–Crippen MR) is 54.0 cm³/mol. The summed E-state index contributed by atoms with van der Waals surface area (Å²) in [6, 6.07) is 0. The van der Waals surface area contributed by atoms with Crippen LogP contribution in [-0.4, -0.2) is 66.1 Å². The molecule has 2 fully saturated rings. The maximum atomic E-state index is 9.33. The van der Waals surface area contributed by atoms with E-state index in [4.69, 9.17) is 4.74 Å². The highest BCUT2D eigenvalue weighted by atomic mass is 16.6. The number of hydrogen-bond donors (Lipinski definition) is 1. The minimum absolute atomic E-state index is 0.0585. The Morgan fingerprint density at radius 2 is 2.00 bits per heavy atom. The van der Waals surface area contributed by atoms with Crippen molar-refractivity contribution in [1.29, 1.82) is 0 Å². The highest BCUT2D eigenvalue weighted by molar-refractivity contribution is 4.90. The maximum Gasteiger partial charge on any atom is 0.140 e. The van der Waals surface area contributed by atoms with Gasteiger partial charge in [0, 0.05) is 26.2 Å². The van der Waals surface area contributed by atoms with Crippen LogP contribution < -0.4 is 0 Å². The normalized spacial score (nSPS) is 37.1. The van der Waals surface area contributed by atoms with E-state index in [1.54, 1.807) is 6.92 Å². The third-order valence-corrected chi connectivity index (χ3v) is 3.19. The van der Waals surface area contributed by atoms with Crippen LogP contribution in [0, 0.1) is 0 Å². The Balaban J connectivity index is 1.75. The number of epoxide rings is 1. The second-order valence-electron chi connectivity index (χ2n) is 4.20. The Labute approximate surface area is 85.4 Å². The zero-order chi connectivity index (χ0) is 10.1. The van der Waals surface area contributed by atoms with Crippen LogP contribution in [0.5, 0.6) is 0 Å². The first-order valence-electron chi connectivity index (χ1n) is 5.52. The number of piperazine rings is 1. The van der Waals surface area contributed by atoms with Gasteiger partial charge in [-0.25, -0.2) is 0 Å². The van der Waals surface area contributed by atoms with Gasteiger partial charge in [-0.05, 0) is 13.5 Å². The summed E-state index contributed by atoms with van der Waals surface area (Å²) in [5.74, 6) is 0. The molecule has 0 saturated carbocycles. The number of hydrogen-bond acceptors (Lipinski definition) is 4. The number of ether oxygens (including phenoxy) is 1. The molecule has 0 radical (unpaired) electrons. The average molecular weight is 200 g/mol. The molecule has 1 N–H and O–H groups in total. The van der Waals surface area contributed by atoms with Gasteiger partial charge in [0.25, 0.3) is 0 Å². The van der Waals surface area contributed by atoms with Crippen LogP contribution in [0.2, 0.25) is 0 Å². The molecule has 2 saturated heterocycles. The number of rotatable bonds is 3. The molecule has 2 heterocycles. The van der Waals surface area contributed by atoms with E-state index in [0.717, 1.165) is 32.7 Å². The van der Waals surface area contributed by atoms with Crippen molar-refractivity contribution in [1.82, 2.24) is 9.80 Å². The summed E-state index contributed by atoms with van der Waals surface area (Å²) in [5.41, 5.74) is 0. The average Bonchev–Trinajstić information content (AvgIpc) is 2.97. The van der Waals surface area contributed by atoms with Crippen molar-refractivity contribution in [2.45, 2.75) is 32.3 Å². The molecule has 2 rings (SSSR count). The molecule has 14 heavy (non-hydrogen) atoms. The molecule has 82 valence electrons. The van der Waals surface area contributed by atoms with Gasteiger partial charge in [0.2, 0.25) is 0 Å². The fourth-order valence-electron chi connectivity index (χ4n) is 2.10. The first-order chi connectivity index (χ1) is 6.72. The highest BCUT2D eigenvalue weighted by Crippen LogP contribution is 2.29. The van der Waals surface area contributed by atoms with Crippen LogP contribution >= 0.6 is 0 Å². The third-order valence-electron chi connectivity index (χ3n) is 3.19. The first-order valence-corrected chi connectivity index (χ1v) is 5.52. The topological polar surface area (TPSA) is 39.2 Å². The van der Waals surface area contributed by atoms with E-state index >= 15 is 0 Å². The summed E-state index contributed by atoms with van der Waals surface area (Å²) in [4.78, 5) is 4.78. The lowest BCUT2D eigenvalue weighted by molar-refractivity contribution is 0.0946. The number of likely N-dealkylation sites (N-methyl/N-ethyl adjacent to an activating group) is 1. The van der Waals surface area contributed by atoms with Crippen LogP contribution in [0.3, 0.4) is 0 Å². The minimum atomic E-state index is -0.329. The molecular weight excluding hydrogens is 180 g/mol. The molecule has 0 bridgehead atoms. The van der Waals surface area contributed by atoms with Gasteiger partial charge in [0.15, 0.2) is 0 Å². The smallest absolute Gasteiger partial charge is 0.140 e. The van der Waals surface area contributed by atoms with E-state index < -0.39 is 0 Å². The quantitative estimate of drug-likeness (QED) is 0.637. The Hall–Kier alpha value is -0.160. The molecule has 2 aliphatic heterocycles. The molecule has 0 aromatic rings. The van der Waals surface area contributed by atoms with Crippen LogP contribution in [0.4, 0.5) is 0 Å². The first kappa shape index (κ1) is 10.4. The minimum Gasteiger partial charge on any atom is -0.391 e. The summed E-state index contributed by atoms with van der Waals surface area (Å²) in [6.07, 6.45) is -0.0820. The summed E-state index contributed by atoms with van der Waals surface area (Å²) in [6.45, 7) is 9.53. The predicted octanol–water partition coefficient (Wildman–Crippen LogP) is -0.270. The molecule has 0 spiro atoms. The molecule has 0 amide bonds. The zero-order valence-electron chi connectivity index (χ0n) is 9.02. The Kier molecular flexibility index (Phi) is 3.07. The standard InChI is InChI=1S/C10H20N2O2/c1-3-11-4-6-12(7-5-11)10-9(14-10)8(2)13/h8-10,13H,3-7H2,1-2H3. The SMILES string of the molecule is CCN1CCN(C2OC2C(C)O)CC1. The molecular formula is C10H20N2O2. The van der Waals surface area contributed by atoms with Crippen LogP contribution in [0.15, 0.2) is 0 Å². The van der Waals surface area contributed by atoms with Gasteiger partial charge in [0.05, 0.1) is 6.10 Å². The van der Waals surface area contributed by atoms with Crippen molar-refractivity contribution in [3.05, 3.63) is 0 Å². The van der Waals surface area contributed by atoms with Crippen molar-refractivity contribution in [3.8, 4) is 0 Å². The summed E-state index contributed by atoms with van der Waals surface area (Å²) in [5, 5.41) is 9.33. The van der Waals surface area contributed by atoms with E-state index in [0.29, 0.717) is 0 Å². The third kappa shape index (κ3) is 2.08. The van der Waals surface area contributed by atoms with Gasteiger partial charge in [-0.1, -0.05) is 6.92 Å². The van der Waals surface area contributed by atoms with E-state index in [-0.39, 0.29) is 18.4 Å². The van der Waals surface area contributed by atoms with E-state index in [2.05, 4.69) is 16.7 Å². The van der Waals surface area contributed by atoms with Crippen molar-refractivity contribution < 1.29 is 9.84 Å². The van der Waals surface area contributed by atoms with Crippen molar-refractivity contribution in [3.63, 3.8) is 0 Å². The van der Waals surface area contributed by atoms with Crippen LogP contribution in [0.1, 0.15) is 13.8 Å². The molecule has 2 aliphatic rings. The Morgan fingerprint density at radius 1 is 1.36 bits per heavy atom. The molecule has 0 aromatic carbocycles. The van der Waals surface area contributed by atoms with E-state index in [1.807, 2.05) is 0 Å². The van der Waals surface area contributed by atoms with Gasteiger partial charge in [-0.2, -0.15) is 0 Å². The maximum absolute atomic E-state index is 9.33. The molecule has 0 aliphatic carbocycles. The lowest BCUT2D eigenvalue weighted by Gasteiger charge is -2.33. The summed E-state index contributed by atoms with van der Waals surface area (Å²) < 4.78 is 5.44. The number of nitrogens with zero attached hydrogens (tertiary/aromatic N) is 2.